The highest BCUT2D eigenvalue weighted by molar-refractivity contribution is 7.89. The minimum Gasteiger partial charge on any atom is -0.369 e. The molecular formula is C18H30N4O4S. The number of sulfonamides is 1. The van der Waals surface area contributed by atoms with Gasteiger partial charge in [0, 0.05) is 33.3 Å². The zero-order valence-corrected chi connectivity index (χ0v) is 17.8. The van der Waals surface area contributed by atoms with Crippen LogP contribution in [-0.4, -0.2) is 71.7 Å². The minimum atomic E-state index is -3.56. The molecule has 1 amide bonds. The third-order valence-electron chi connectivity index (χ3n) is 5.96. The number of hydrogen-bond donors (Lipinski definition) is 0. The fourth-order valence-electron chi connectivity index (χ4n) is 4.53. The van der Waals surface area contributed by atoms with E-state index in [0.29, 0.717) is 29.4 Å². The molecule has 2 atom stereocenters. The molecule has 0 aliphatic carbocycles. The first kappa shape index (κ1) is 20.3. The van der Waals surface area contributed by atoms with Crippen molar-refractivity contribution in [1.29, 1.82) is 0 Å². The molecule has 0 radical (unpaired) electrons. The summed E-state index contributed by atoms with van der Waals surface area (Å²) in [5, 5.41) is 4.25. The molecule has 8 nitrogen and oxygen atoms in total. The summed E-state index contributed by atoms with van der Waals surface area (Å²) in [4.78, 5) is 14.5. The second-order valence-electron chi connectivity index (χ2n) is 7.85. The summed E-state index contributed by atoms with van der Waals surface area (Å²) in [5.74, 6) is 0.284. The summed E-state index contributed by atoms with van der Waals surface area (Å²) in [7, 11) is -0.235. The van der Waals surface area contributed by atoms with Crippen LogP contribution in [0, 0.1) is 19.8 Å². The standard InChI is InChI=1S/C18H30N4O4S/c1-11(2)22-15(16(26-6)18(22)23)14-7-9-21(10-8-14)27(24,25)17-12(3)19-20(5)13(17)4/h11,14-16H,7-10H2,1-6H3/t15-,16+/m0/s1. The van der Waals surface area contributed by atoms with Crippen LogP contribution in [0.1, 0.15) is 38.1 Å². The van der Waals surface area contributed by atoms with Crippen molar-refractivity contribution in [2.45, 2.75) is 63.6 Å². The molecule has 1 aromatic heterocycles. The lowest BCUT2D eigenvalue weighted by Crippen LogP contribution is -2.70. The second-order valence-corrected chi connectivity index (χ2v) is 9.73. The van der Waals surface area contributed by atoms with Crippen LogP contribution in [0.3, 0.4) is 0 Å². The molecule has 0 unspecified atom stereocenters. The number of aryl methyl sites for hydroxylation is 2. The van der Waals surface area contributed by atoms with Crippen molar-refractivity contribution >= 4 is 15.9 Å². The molecule has 0 bridgehead atoms. The van der Waals surface area contributed by atoms with Crippen LogP contribution in [0.15, 0.2) is 4.90 Å². The summed E-state index contributed by atoms with van der Waals surface area (Å²) in [6.07, 6.45) is 1.04. The quantitative estimate of drug-likeness (QED) is 0.693. The Hall–Kier alpha value is -1.45. The van der Waals surface area contributed by atoms with E-state index in [1.165, 1.54) is 0 Å². The molecular weight excluding hydrogens is 368 g/mol. The number of likely N-dealkylation sites (tertiary alicyclic amines) is 1. The zero-order chi connectivity index (χ0) is 20.1. The van der Waals surface area contributed by atoms with E-state index in [1.54, 1.807) is 37.0 Å². The molecule has 1 aromatic rings. The van der Waals surface area contributed by atoms with Crippen LogP contribution in [0.2, 0.25) is 0 Å². The summed E-state index contributed by atoms with van der Waals surface area (Å²) in [6, 6.07) is 0.158. The minimum absolute atomic E-state index is 0.0363. The molecule has 0 N–H and O–H groups in total. The number of amides is 1. The molecule has 152 valence electrons. The van der Waals surface area contributed by atoms with Gasteiger partial charge in [0.05, 0.1) is 17.4 Å². The van der Waals surface area contributed by atoms with E-state index in [2.05, 4.69) is 5.10 Å². The van der Waals surface area contributed by atoms with E-state index in [4.69, 9.17) is 4.74 Å². The number of nitrogens with zero attached hydrogens (tertiary/aromatic N) is 4. The monoisotopic (exact) mass is 398 g/mol. The molecule has 2 aliphatic rings. The molecule has 0 aromatic carbocycles. The van der Waals surface area contributed by atoms with Crippen molar-refractivity contribution in [3.63, 3.8) is 0 Å². The van der Waals surface area contributed by atoms with E-state index in [9.17, 15) is 13.2 Å². The van der Waals surface area contributed by atoms with Gasteiger partial charge in [-0.2, -0.15) is 9.40 Å². The Kier molecular flexibility index (Phi) is 5.39. The Bertz CT molecular complexity index is 825. The molecule has 0 saturated carbocycles. The normalized spacial score (nSPS) is 25.3. The van der Waals surface area contributed by atoms with Gasteiger partial charge in [0.25, 0.3) is 5.91 Å². The molecule has 3 rings (SSSR count). The third-order valence-corrected chi connectivity index (χ3v) is 8.11. The number of β-lactam (4-membered cyclic amide) rings is 1. The highest BCUT2D eigenvalue weighted by Gasteiger charge is 2.53. The summed E-state index contributed by atoms with van der Waals surface area (Å²) < 4.78 is 34.8. The van der Waals surface area contributed by atoms with Crippen molar-refractivity contribution in [2.24, 2.45) is 13.0 Å². The third kappa shape index (κ3) is 3.19. The lowest BCUT2D eigenvalue weighted by Gasteiger charge is -2.53. The maximum Gasteiger partial charge on any atom is 0.254 e. The maximum absolute atomic E-state index is 13.1. The second kappa shape index (κ2) is 7.18. The predicted molar refractivity (Wildman–Crippen MR) is 101 cm³/mol. The molecule has 9 heteroatoms. The van der Waals surface area contributed by atoms with E-state index in [0.717, 1.165) is 12.8 Å². The van der Waals surface area contributed by atoms with Crippen molar-refractivity contribution in [3.8, 4) is 0 Å². The van der Waals surface area contributed by atoms with Gasteiger partial charge in [-0.3, -0.25) is 9.48 Å². The lowest BCUT2D eigenvalue weighted by atomic mass is 9.79. The predicted octanol–water partition coefficient (Wildman–Crippen LogP) is 1.07. The molecule has 3 heterocycles. The largest absolute Gasteiger partial charge is 0.369 e. The van der Waals surface area contributed by atoms with Crippen LogP contribution in [0.25, 0.3) is 0 Å². The first-order valence-electron chi connectivity index (χ1n) is 9.46. The van der Waals surface area contributed by atoms with Crippen molar-refractivity contribution in [2.75, 3.05) is 20.2 Å². The SMILES string of the molecule is CO[C@H]1C(=O)N(C(C)C)[C@H]1C1CCN(S(=O)(=O)c2c(C)nn(C)c2C)CC1. The Morgan fingerprint density at radius 3 is 2.22 bits per heavy atom. The number of carbonyl (C=O) groups excluding carboxylic acids is 1. The average Bonchev–Trinajstić information content (AvgIpc) is 2.85. The van der Waals surface area contributed by atoms with E-state index < -0.39 is 16.1 Å². The summed E-state index contributed by atoms with van der Waals surface area (Å²) in [5.41, 5.74) is 1.19. The fraction of sp³-hybridized carbons (Fsp3) is 0.778. The van der Waals surface area contributed by atoms with Gasteiger partial charge in [-0.1, -0.05) is 0 Å². The van der Waals surface area contributed by atoms with Crippen LogP contribution < -0.4 is 0 Å². The molecule has 2 saturated heterocycles. The maximum atomic E-state index is 13.1. The summed E-state index contributed by atoms with van der Waals surface area (Å²) in [6.45, 7) is 8.43. The van der Waals surface area contributed by atoms with Gasteiger partial charge >= 0.3 is 0 Å². The number of hydrogen-bond acceptors (Lipinski definition) is 5. The van der Waals surface area contributed by atoms with Crippen LogP contribution in [0.5, 0.6) is 0 Å². The van der Waals surface area contributed by atoms with Crippen molar-refractivity contribution in [1.82, 2.24) is 19.0 Å². The number of methoxy groups -OCH3 is 1. The Morgan fingerprint density at radius 1 is 1.19 bits per heavy atom. The molecule has 0 spiro atoms. The van der Waals surface area contributed by atoms with Crippen LogP contribution >= 0.6 is 0 Å². The van der Waals surface area contributed by atoms with Gasteiger partial charge < -0.3 is 9.64 Å². The van der Waals surface area contributed by atoms with Gasteiger partial charge in [0.15, 0.2) is 6.10 Å². The van der Waals surface area contributed by atoms with Crippen LogP contribution in [0.4, 0.5) is 0 Å². The molecule has 27 heavy (non-hydrogen) atoms. The number of ether oxygens (including phenoxy) is 1. The first-order valence-corrected chi connectivity index (χ1v) is 10.9. The lowest BCUT2D eigenvalue weighted by molar-refractivity contribution is -0.181. The summed E-state index contributed by atoms with van der Waals surface area (Å²) >= 11 is 0. The smallest absolute Gasteiger partial charge is 0.254 e. The average molecular weight is 399 g/mol. The fourth-order valence-corrected chi connectivity index (χ4v) is 6.40. The highest BCUT2D eigenvalue weighted by atomic mass is 32.2. The van der Waals surface area contributed by atoms with Gasteiger partial charge in [-0.25, -0.2) is 8.42 Å². The van der Waals surface area contributed by atoms with Gasteiger partial charge in [0.1, 0.15) is 4.90 Å². The Morgan fingerprint density at radius 2 is 1.78 bits per heavy atom. The highest BCUT2D eigenvalue weighted by Crippen LogP contribution is 2.37. The zero-order valence-electron chi connectivity index (χ0n) is 17.0. The van der Waals surface area contributed by atoms with Crippen LogP contribution in [-0.2, 0) is 26.6 Å². The van der Waals surface area contributed by atoms with E-state index in [-0.39, 0.29) is 23.9 Å². The van der Waals surface area contributed by atoms with Gasteiger partial charge in [-0.05, 0) is 46.5 Å². The Labute approximate surface area is 161 Å². The topological polar surface area (TPSA) is 84.7 Å². The van der Waals surface area contributed by atoms with Gasteiger partial charge in [-0.15, -0.1) is 0 Å². The van der Waals surface area contributed by atoms with Crippen molar-refractivity contribution in [3.05, 3.63) is 11.4 Å². The number of carbonyl (C=O) groups is 1. The Balaban J connectivity index is 1.74. The number of piperidine rings is 1. The van der Waals surface area contributed by atoms with E-state index in [1.807, 2.05) is 18.7 Å². The number of aromatic nitrogens is 2. The van der Waals surface area contributed by atoms with Gasteiger partial charge in [0.2, 0.25) is 10.0 Å². The molecule has 2 fully saturated rings. The van der Waals surface area contributed by atoms with Crippen molar-refractivity contribution < 1.29 is 17.9 Å². The number of rotatable bonds is 5. The molecule has 2 aliphatic heterocycles. The van der Waals surface area contributed by atoms with E-state index >= 15 is 0 Å². The first-order chi connectivity index (χ1) is 12.6.